The van der Waals surface area contributed by atoms with Crippen LogP contribution in [-0.2, 0) is 4.79 Å². The maximum absolute atomic E-state index is 11.8. The van der Waals surface area contributed by atoms with E-state index in [0.717, 1.165) is 5.56 Å². The first-order valence-corrected chi connectivity index (χ1v) is 6.08. The summed E-state index contributed by atoms with van der Waals surface area (Å²) in [6.07, 6.45) is 0. The van der Waals surface area contributed by atoms with Gasteiger partial charge in [-0.05, 0) is 45.4 Å². The van der Waals surface area contributed by atoms with E-state index in [0.29, 0.717) is 0 Å². The molecule has 1 aromatic rings. The molecule has 0 radical (unpaired) electrons. The van der Waals surface area contributed by atoms with Crippen molar-refractivity contribution in [3.05, 3.63) is 29.3 Å². The molecule has 2 amide bonds. The summed E-state index contributed by atoms with van der Waals surface area (Å²) >= 11 is 0. The Morgan fingerprint density at radius 1 is 1.26 bits per heavy atom. The van der Waals surface area contributed by atoms with Gasteiger partial charge >= 0.3 is 0 Å². The predicted octanol–water partition coefficient (Wildman–Crippen LogP) is 1.35. The van der Waals surface area contributed by atoms with E-state index in [2.05, 4.69) is 10.6 Å². The minimum atomic E-state index is -0.471. The lowest BCUT2D eigenvalue weighted by molar-refractivity contribution is -0.121. The number of rotatable bonds is 3. The smallest absolute Gasteiger partial charge is 0.255 e. The molecule has 5 nitrogen and oxygen atoms in total. The molecule has 0 aliphatic heterocycles. The zero-order valence-electron chi connectivity index (χ0n) is 11.7. The molecule has 1 rings (SSSR count). The highest BCUT2D eigenvalue weighted by Gasteiger charge is 2.16. The third kappa shape index (κ3) is 4.99. The van der Waals surface area contributed by atoms with E-state index in [1.54, 1.807) is 6.07 Å². The van der Waals surface area contributed by atoms with Crippen molar-refractivity contribution in [3.63, 3.8) is 0 Å². The van der Waals surface area contributed by atoms with Gasteiger partial charge in [-0.25, -0.2) is 0 Å². The molecule has 0 atom stereocenters. The molecule has 3 N–H and O–H groups in total. The SMILES string of the molecule is Cc1ccc(C(=O)NCC(=O)NC(C)(C)C)c(O)c1. The molecule has 0 saturated heterocycles. The average Bonchev–Trinajstić information content (AvgIpc) is 2.23. The minimum Gasteiger partial charge on any atom is -0.507 e. The fraction of sp³-hybridized carbons (Fsp3) is 0.429. The molecule has 0 heterocycles. The Hall–Kier alpha value is -2.04. The van der Waals surface area contributed by atoms with Crippen LogP contribution in [0.1, 0.15) is 36.7 Å². The van der Waals surface area contributed by atoms with Crippen LogP contribution < -0.4 is 10.6 Å². The number of benzene rings is 1. The fourth-order valence-corrected chi connectivity index (χ4v) is 1.55. The van der Waals surface area contributed by atoms with Crippen LogP contribution in [0.5, 0.6) is 5.75 Å². The minimum absolute atomic E-state index is 0.0891. The van der Waals surface area contributed by atoms with Gasteiger partial charge in [0.05, 0.1) is 12.1 Å². The number of amides is 2. The van der Waals surface area contributed by atoms with Crippen molar-refractivity contribution in [3.8, 4) is 5.75 Å². The van der Waals surface area contributed by atoms with Crippen molar-refractivity contribution in [1.82, 2.24) is 10.6 Å². The molecule has 19 heavy (non-hydrogen) atoms. The van der Waals surface area contributed by atoms with Gasteiger partial charge in [0.25, 0.3) is 5.91 Å². The lowest BCUT2D eigenvalue weighted by Crippen LogP contribution is -2.45. The lowest BCUT2D eigenvalue weighted by atomic mass is 10.1. The maximum atomic E-state index is 11.8. The van der Waals surface area contributed by atoms with Gasteiger partial charge in [0.2, 0.25) is 5.91 Å². The van der Waals surface area contributed by atoms with Crippen LogP contribution in [0.2, 0.25) is 0 Å². The summed E-state index contributed by atoms with van der Waals surface area (Å²) in [7, 11) is 0. The maximum Gasteiger partial charge on any atom is 0.255 e. The molecule has 0 aliphatic rings. The van der Waals surface area contributed by atoms with Gasteiger partial charge in [0.15, 0.2) is 0 Å². The molecule has 0 bridgehead atoms. The van der Waals surface area contributed by atoms with Gasteiger partial charge in [-0.3, -0.25) is 9.59 Å². The van der Waals surface area contributed by atoms with E-state index in [-0.39, 0.29) is 29.3 Å². The van der Waals surface area contributed by atoms with Crippen LogP contribution in [-0.4, -0.2) is 29.0 Å². The van der Waals surface area contributed by atoms with Gasteiger partial charge in [0.1, 0.15) is 5.75 Å². The summed E-state index contributed by atoms with van der Waals surface area (Å²) in [6.45, 7) is 7.27. The molecule has 0 unspecified atom stereocenters. The molecule has 0 saturated carbocycles. The van der Waals surface area contributed by atoms with E-state index in [1.807, 2.05) is 27.7 Å². The second kappa shape index (κ2) is 5.73. The van der Waals surface area contributed by atoms with Crippen LogP contribution in [0.25, 0.3) is 0 Å². The van der Waals surface area contributed by atoms with Gasteiger partial charge in [0, 0.05) is 5.54 Å². The van der Waals surface area contributed by atoms with Gasteiger partial charge in [-0.2, -0.15) is 0 Å². The van der Waals surface area contributed by atoms with E-state index < -0.39 is 5.91 Å². The summed E-state index contributed by atoms with van der Waals surface area (Å²) in [4.78, 5) is 23.3. The molecular weight excluding hydrogens is 244 g/mol. The number of hydrogen-bond acceptors (Lipinski definition) is 3. The van der Waals surface area contributed by atoms with Crippen molar-refractivity contribution < 1.29 is 14.7 Å². The second-order valence-electron chi connectivity index (χ2n) is 5.50. The molecule has 0 fully saturated rings. The standard InChI is InChI=1S/C14H20N2O3/c1-9-5-6-10(11(17)7-9)13(19)15-8-12(18)16-14(2,3)4/h5-7,17H,8H2,1-4H3,(H,15,19)(H,16,18). The zero-order valence-corrected chi connectivity index (χ0v) is 11.7. The van der Waals surface area contributed by atoms with Gasteiger partial charge in [-0.1, -0.05) is 6.07 Å². The largest absolute Gasteiger partial charge is 0.507 e. The van der Waals surface area contributed by atoms with Crippen molar-refractivity contribution in [1.29, 1.82) is 0 Å². The molecule has 0 aromatic heterocycles. The third-order valence-electron chi connectivity index (χ3n) is 2.32. The topological polar surface area (TPSA) is 78.4 Å². The van der Waals surface area contributed by atoms with Crippen molar-refractivity contribution in [2.75, 3.05) is 6.54 Å². The Morgan fingerprint density at radius 3 is 2.42 bits per heavy atom. The second-order valence-corrected chi connectivity index (χ2v) is 5.50. The normalized spacial score (nSPS) is 10.9. The highest BCUT2D eigenvalue weighted by molar-refractivity contribution is 5.98. The number of aromatic hydroxyl groups is 1. The summed E-state index contributed by atoms with van der Waals surface area (Å²) in [6, 6.07) is 4.76. The number of phenolic OH excluding ortho intramolecular Hbond substituents is 1. The Labute approximate surface area is 113 Å². The predicted molar refractivity (Wildman–Crippen MR) is 73.1 cm³/mol. The van der Waals surface area contributed by atoms with Crippen molar-refractivity contribution in [2.45, 2.75) is 33.2 Å². The monoisotopic (exact) mass is 264 g/mol. The summed E-state index contributed by atoms with van der Waals surface area (Å²) in [5.41, 5.74) is 0.682. The van der Waals surface area contributed by atoms with E-state index in [9.17, 15) is 14.7 Å². The first-order valence-electron chi connectivity index (χ1n) is 6.08. The number of hydrogen-bond donors (Lipinski definition) is 3. The first-order chi connectivity index (χ1) is 8.69. The van der Waals surface area contributed by atoms with Crippen molar-refractivity contribution >= 4 is 11.8 Å². The number of phenols is 1. The zero-order chi connectivity index (χ0) is 14.6. The molecule has 0 spiro atoms. The Kier molecular flexibility index (Phi) is 4.53. The van der Waals surface area contributed by atoms with E-state index in [1.165, 1.54) is 12.1 Å². The number of carbonyl (C=O) groups excluding carboxylic acids is 2. The number of carbonyl (C=O) groups is 2. The summed E-state index contributed by atoms with van der Waals surface area (Å²) in [5, 5.41) is 14.9. The fourth-order valence-electron chi connectivity index (χ4n) is 1.55. The van der Waals surface area contributed by atoms with Crippen LogP contribution in [0.4, 0.5) is 0 Å². The average molecular weight is 264 g/mol. The number of nitrogens with one attached hydrogen (secondary N) is 2. The lowest BCUT2D eigenvalue weighted by Gasteiger charge is -2.20. The van der Waals surface area contributed by atoms with Crippen LogP contribution in [0.3, 0.4) is 0 Å². The third-order valence-corrected chi connectivity index (χ3v) is 2.32. The Bertz CT molecular complexity index is 490. The quantitative estimate of drug-likeness (QED) is 0.771. The first kappa shape index (κ1) is 15.0. The van der Waals surface area contributed by atoms with E-state index in [4.69, 9.17) is 0 Å². The summed E-state index contributed by atoms with van der Waals surface area (Å²) in [5.74, 6) is -0.831. The van der Waals surface area contributed by atoms with E-state index >= 15 is 0 Å². The highest BCUT2D eigenvalue weighted by atomic mass is 16.3. The molecule has 1 aromatic carbocycles. The van der Waals surface area contributed by atoms with Gasteiger partial charge in [-0.15, -0.1) is 0 Å². The summed E-state index contributed by atoms with van der Waals surface area (Å²) < 4.78 is 0. The molecule has 104 valence electrons. The highest BCUT2D eigenvalue weighted by Crippen LogP contribution is 2.17. The van der Waals surface area contributed by atoms with Crippen LogP contribution in [0.15, 0.2) is 18.2 Å². The Morgan fingerprint density at radius 2 is 1.89 bits per heavy atom. The Balaban J connectivity index is 2.59. The molecule has 0 aliphatic carbocycles. The van der Waals surface area contributed by atoms with Crippen LogP contribution in [0, 0.1) is 6.92 Å². The van der Waals surface area contributed by atoms with Crippen LogP contribution >= 0.6 is 0 Å². The molecule has 5 heteroatoms. The van der Waals surface area contributed by atoms with Crippen molar-refractivity contribution in [2.24, 2.45) is 0 Å². The molecular formula is C14H20N2O3. The number of aryl methyl sites for hydroxylation is 1. The van der Waals surface area contributed by atoms with Gasteiger partial charge < -0.3 is 15.7 Å².